The summed E-state index contributed by atoms with van der Waals surface area (Å²) in [6.07, 6.45) is 0. The number of rotatable bonds is 5. The van der Waals surface area contributed by atoms with Crippen molar-refractivity contribution >= 4 is 34.7 Å². The van der Waals surface area contributed by atoms with E-state index in [9.17, 15) is 4.79 Å². The molecule has 0 aliphatic rings. The average molecular weight is 308 g/mol. The van der Waals surface area contributed by atoms with Crippen LogP contribution in [-0.2, 0) is 4.79 Å². The molecule has 20 heavy (non-hydrogen) atoms. The zero-order valence-electron chi connectivity index (χ0n) is 11.2. The molecule has 0 spiro atoms. The number of benzene rings is 1. The normalized spacial score (nSPS) is 12.4. The van der Waals surface area contributed by atoms with Crippen molar-refractivity contribution in [3.8, 4) is 0 Å². The number of nitrogens with one attached hydrogen (secondary N) is 1. The van der Waals surface area contributed by atoms with Gasteiger partial charge in [-0.15, -0.1) is 10.2 Å². The Morgan fingerprint density at radius 3 is 2.60 bits per heavy atom. The molecule has 0 saturated carbocycles. The average Bonchev–Trinajstić information content (AvgIpc) is 2.92. The van der Waals surface area contributed by atoms with Gasteiger partial charge in [0.25, 0.3) is 0 Å². The van der Waals surface area contributed by atoms with E-state index in [0.29, 0.717) is 0 Å². The summed E-state index contributed by atoms with van der Waals surface area (Å²) < 4.78 is 0.892. The van der Waals surface area contributed by atoms with Gasteiger partial charge in [0.15, 0.2) is 4.34 Å². The summed E-state index contributed by atoms with van der Waals surface area (Å²) in [5, 5.41) is 10.6. The Kier molecular flexibility index (Phi) is 5.11. The summed E-state index contributed by atoms with van der Waals surface area (Å²) in [7, 11) is 0. The molecule has 0 aliphatic carbocycles. The number of anilines is 1. The van der Waals surface area contributed by atoms with Crippen molar-refractivity contribution in [2.24, 2.45) is 11.7 Å². The summed E-state index contributed by atoms with van der Waals surface area (Å²) >= 11 is 3.03. The lowest BCUT2D eigenvalue weighted by Crippen LogP contribution is -2.39. The van der Waals surface area contributed by atoms with Gasteiger partial charge >= 0.3 is 0 Å². The second-order valence-corrected chi connectivity index (χ2v) is 6.74. The fourth-order valence-electron chi connectivity index (χ4n) is 1.44. The van der Waals surface area contributed by atoms with Crippen LogP contribution in [0, 0.1) is 5.92 Å². The molecule has 0 bridgehead atoms. The topological polar surface area (TPSA) is 80.9 Å². The lowest BCUT2D eigenvalue weighted by atomic mass is 10.1. The van der Waals surface area contributed by atoms with Gasteiger partial charge in [0.1, 0.15) is 5.51 Å². The largest absolute Gasteiger partial charge is 0.325 e. The fraction of sp³-hybridized carbons (Fsp3) is 0.308. The Hall–Kier alpha value is -1.44. The van der Waals surface area contributed by atoms with Crippen LogP contribution in [0.1, 0.15) is 13.8 Å². The lowest BCUT2D eigenvalue weighted by molar-refractivity contribution is -0.118. The van der Waals surface area contributed by atoms with Crippen LogP contribution in [-0.4, -0.2) is 22.1 Å². The van der Waals surface area contributed by atoms with Crippen LogP contribution in [0.25, 0.3) is 0 Å². The van der Waals surface area contributed by atoms with Crippen molar-refractivity contribution in [2.75, 3.05) is 5.32 Å². The molecule has 0 radical (unpaired) electrons. The van der Waals surface area contributed by atoms with E-state index in [1.165, 1.54) is 11.3 Å². The summed E-state index contributed by atoms with van der Waals surface area (Å²) in [6, 6.07) is 7.08. The number of hydrogen-bond acceptors (Lipinski definition) is 6. The highest BCUT2D eigenvalue weighted by molar-refractivity contribution is 8.01. The first-order valence-electron chi connectivity index (χ1n) is 6.17. The van der Waals surface area contributed by atoms with Crippen LogP contribution in [0.3, 0.4) is 0 Å². The van der Waals surface area contributed by atoms with E-state index >= 15 is 0 Å². The highest BCUT2D eigenvalue weighted by atomic mass is 32.2. The number of amides is 1. The van der Waals surface area contributed by atoms with E-state index in [-0.39, 0.29) is 11.8 Å². The quantitative estimate of drug-likeness (QED) is 0.887. The van der Waals surface area contributed by atoms with E-state index in [1.54, 1.807) is 17.3 Å². The number of hydrogen-bond donors (Lipinski definition) is 2. The Labute approximate surface area is 126 Å². The van der Waals surface area contributed by atoms with Gasteiger partial charge in [-0.1, -0.05) is 36.9 Å². The molecular weight excluding hydrogens is 292 g/mol. The van der Waals surface area contributed by atoms with Gasteiger partial charge in [0.2, 0.25) is 5.91 Å². The molecule has 0 aliphatic heterocycles. The van der Waals surface area contributed by atoms with Crippen molar-refractivity contribution in [1.82, 2.24) is 10.2 Å². The van der Waals surface area contributed by atoms with E-state index < -0.39 is 6.04 Å². The summed E-state index contributed by atoms with van der Waals surface area (Å²) in [5.74, 6) is -0.0493. The number of carbonyl (C=O) groups excluding carboxylic acids is 1. The van der Waals surface area contributed by atoms with Crippen LogP contribution in [0.15, 0.2) is 39.0 Å². The molecular formula is C13H16N4OS2. The first-order chi connectivity index (χ1) is 9.56. The monoisotopic (exact) mass is 308 g/mol. The third-order valence-corrected chi connectivity index (χ3v) is 4.47. The summed E-state index contributed by atoms with van der Waals surface area (Å²) in [6.45, 7) is 3.85. The predicted octanol–water partition coefficient (Wildman–Crippen LogP) is 2.61. The molecule has 0 fully saturated rings. The zero-order chi connectivity index (χ0) is 14.5. The molecule has 2 rings (SSSR count). The Morgan fingerprint density at radius 1 is 1.35 bits per heavy atom. The second-order valence-electron chi connectivity index (χ2n) is 4.59. The van der Waals surface area contributed by atoms with Gasteiger partial charge in [-0.25, -0.2) is 0 Å². The molecule has 106 valence electrons. The zero-order valence-corrected chi connectivity index (χ0v) is 12.9. The number of nitrogens with two attached hydrogens (primary N) is 1. The van der Waals surface area contributed by atoms with Crippen molar-refractivity contribution in [3.63, 3.8) is 0 Å². The molecule has 1 atom stereocenters. The van der Waals surface area contributed by atoms with Gasteiger partial charge in [-0.05, 0) is 30.2 Å². The van der Waals surface area contributed by atoms with Crippen LogP contribution >= 0.6 is 23.1 Å². The highest BCUT2D eigenvalue weighted by Gasteiger charge is 2.17. The van der Waals surface area contributed by atoms with Crippen LogP contribution in [0.2, 0.25) is 0 Å². The van der Waals surface area contributed by atoms with Crippen molar-refractivity contribution in [3.05, 3.63) is 29.8 Å². The van der Waals surface area contributed by atoms with Crippen molar-refractivity contribution in [1.29, 1.82) is 0 Å². The van der Waals surface area contributed by atoms with Gasteiger partial charge in [-0.3, -0.25) is 4.79 Å². The SMILES string of the molecule is CC(C)[C@H](N)C(=O)Nc1ccc(Sc2nncs2)cc1. The molecule has 7 heteroatoms. The first kappa shape index (κ1) is 15.0. The number of nitrogens with zero attached hydrogens (tertiary/aromatic N) is 2. The molecule has 0 unspecified atom stereocenters. The minimum Gasteiger partial charge on any atom is -0.325 e. The molecule has 1 amide bonds. The van der Waals surface area contributed by atoms with Crippen molar-refractivity contribution in [2.45, 2.75) is 29.1 Å². The summed E-state index contributed by atoms with van der Waals surface area (Å²) in [4.78, 5) is 12.9. The third kappa shape index (κ3) is 4.03. The van der Waals surface area contributed by atoms with Crippen molar-refractivity contribution < 1.29 is 4.79 Å². The maximum Gasteiger partial charge on any atom is 0.241 e. The predicted molar refractivity (Wildman–Crippen MR) is 81.9 cm³/mol. The fourth-order valence-corrected chi connectivity index (χ4v) is 2.89. The summed E-state index contributed by atoms with van der Waals surface area (Å²) in [5.41, 5.74) is 8.24. The number of carbonyl (C=O) groups is 1. The van der Waals surface area contributed by atoms with Gasteiger partial charge in [0.05, 0.1) is 6.04 Å². The van der Waals surface area contributed by atoms with Gasteiger partial charge in [-0.2, -0.15) is 0 Å². The molecule has 1 aromatic carbocycles. The van der Waals surface area contributed by atoms with E-state index in [2.05, 4.69) is 15.5 Å². The van der Waals surface area contributed by atoms with E-state index in [4.69, 9.17) is 5.73 Å². The molecule has 2 aromatic rings. The highest BCUT2D eigenvalue weighted by Crippen LogP contribution is 2.29. The van der Waals surface area contributed by atoms with Crippen LogP contribution < -0.4 is 11.1 Å². The van der Waals surface area contributed by atoms with E-state index in [0.717, 1.165) is 14.9 Å². The minimum atomic E-state index is -0.495. The minimum absolute atomic E-state index is 0.113. The lowest BCUT2D eigenvalue weighted by Gasteiger charge is -2.15. The Balaban J connectivity index is 1.96. The number of aromatic nitrogens is 2. The standard InChI is InChI=1S/C13H16N4OS2/c1-8(2)11(14)12(18)16-9-3-5-10(6-4-9)20-13-17-15-7-19-13/h3-8,11H,14H2,1-2H3,(H,16,18)/t11-/m0/s1. The van der Waals surface area contributed by atoms with Crippen LogP contribution in [0.5, 0.6) is 0 Å². The maximum atomic E-state index is 11.8. The first-order valence-corrected chi connectivity index (χ1v) is 7.86. The van der Waals surface area contributed by atoms with Gasteiger partial charge in [0, 0.05) is 10.6 Å². The second kappa shape index (κ2) is 6.83. The smallest absolute Gasteiger partial charge is 0.241 e. The third-order valence-electron chi connectivity index (χ3n) is 2.69. The molecule has 1 aromatic heterocycles. The van der Waals surface area contributed by atoms with E-state index in [1.807, 2.05) is 38.1 Å². The Bertz CT molecular complexity index is 554. The van der Waals surface area contributed by atoms with Gasteiger partial charge < -0.3 is 11.1 Å². The molecule has 5 nitrogen and oxygen atoms in total. The molecule has 0 saturated heterocycles. The molecule has 3 N–H and O–H groups in total. The Morgan fingerprint density at radius 2 is 2.05 bits per heavy atom. The maximum absolute atomic E-state index is 11.8. The van der Waals surface area contributed by atoms with Crippen LogP contribution in [0.4, 0.5) is 5.69 Å². The molecule has 1 heterocycles.